The van der Waals surface area contributed by atoms with Crippen molar-refractivity contribution < 1.29 is 14.3 Å². The molecule has 1 amide bonds. The van der Waals surface area contributed by atoms with E-state index in [2.05, 4.69) is 23.2 Å². The first-order valence-electron chi connectivity index (χ1n) is 12.3. The van der Waals surface area contributed by atoms with E-state index in [-0.39, 0.29) is 42.6 Å². The fraction of sp³-hybridized carbons (Fsp3) is 0.345. The van der Waals surface area contributed by atoms with Crippen molar-refractivity contribution in [2.24, 2.45) is 11.7 Å². The summed E-state index contributed by atoms with van der Waals surface area (Å²) < 4.78 is 5.40. The van der Waals surface area contributed by atoms with Gasteiger partial charge in [-0.25, -0.2) is 0 Å². The number of carbonyl (C=O) groups excluding carboxylic acids is 2. The van der Waals surface area contributed by atoms with Gasteiger partial charge in [-0.1, -0.05) is 54.6 Å². The van der Waals surface area contributed by atoms with E-state index in [0.29, 0.717) is 38.2 Å². The number of likely N-dealkylation sites (tertiary alicyclic amines) is 1. The van der Waals surface area contributed by atoms with Gasteiger partial charge in [0.1, 0.15) is 0 Å². The number of esters is 1. The predicted molar refractivity (Wildman–Crippen MR) is 150 cm³/mol. The van der Waals surface area contributed by atoms with Crippen LogP contribution >= 0.6 is 24.8 Å². The summed E-state index contributed by atoms with van der Waals surface area (Å²) in [6, 6.07) is 20.3. The van der Waals surface area contributed by atoms with Gasteiger partial charge in [0.2, 0.25) is 0 Å². The number of benzene rings is 2. The van der Waals surface area contributed by atoms with Gasteiger partial charge in [-0.3, -0.25) is 14.6 Å². The molecule has 2 N–H and O–H groups in total. The van der Waals surface area contributed by atoms with Crippen LogP contribution in [-0.4, -0.2) is 41.5 Å². The molecule has 1 aliphatic heterocycles. The van der Waals surface area contributed by atoms with Gasteiger partial charge in [-0.05, 0) is 54.5 Å². The smallest absolute Gasteiger partial charge is 0.311 e. The van der Waals surface area contributed by atoms with Crippen LogP contribution < -0.4 is 5.73 Å². The Morgan fingerprint density at radius 3 is 2.43 bits per heavy atom. The number of pyridine rings is 1. The fourth-order valence-corrected chi connectivity index (χ4v) is 4.83. The lowest BCUT2D eigenvalue weighted by Crippen LogP contribution is -2.46. The highest BCUT2D eigenvalue weighted by atomic mass is 35.5. The van der Waals surface area contributed by atoms with Gasteiger partial charge in [0.05, 0.1) is 18.1 Å². The van der Waals surface area contributed by atoms with E-state index in [9.17, 15) is 9.59 Å². The number of nitrogens with two attached hydrogens (primary N) is 1. The second kappa shape index (κ2) is 14.7. The van der Waals surface area contributed by atoms with E-state index in [4.69, 9.17) is 10.5 Å². The second-order valence-electron chi connectivity index (χ2n) is 9.02. The minimum atomic E-state index is -0.421. The zero-order valence-electron chi connectivity index (χ0n) is 21.0. The van der Waals surface area contributed by atoms with Gasteiger partial charge >= 0.3 is 5.97 Å². The Morgan fingerprint density at radius 2 is 1.70 bits per heavy atom. The van der Waals surface area contributed by atoms with Crippen molar-refractivity contribution in [1.82, 2.24) is 9.88 Å². The molecule has 4 rings (SSSR count). The SMILES string of the molecule is CCOC(=O)[C@@H]1CN(C(=O)c2cncc(CCc3ccccc3)c2)CC[C@H]1c1cccc(CN)c1.Cl.Cl. The van der Waals surface area contributed by atoms with Crippen LogP contribution in [0.5, 0.6) is 0 Å². The van der Waals surface area contributed by atoms with Gasteiger partial charge in [-0.2, -0.15) is 0 Å². The number of ether oxygens (including phenoxy) is 1. The third-order valence-corrected chi connectivity index (χ3v) is 6.69. The summed E-state index contributed by atoms with van der Waals surface area (Å²) in [6.07, 6.45) is 5.81. The maximum atomic E-state index is 13.4. The predicted octanol–water partition coefficient (Wildman–Crippen LogP) is 4.98. The standard InChI is InChI=1S/C29H33N3O3.2ClH/c1-2-35-29(34)27-20-32(14-13-26(27)24-10-6-9-22(15-24)17-30)28(33)25-16-23(18-31-19-25)12-11-21-7-4-3-5-8-21;;/h3-10,15-16,18-19,26-27H,2,11-14,17,20,30H2,1H3;2*1H/t26-,27+;;/m0../s1. The average Bonchev–Trinajstić information content (AvgIpc) is 2.92. The van der Waals surface area contributed by atoms with Crippen LogP contribution in [0, 0.1) is 5.92 Å². The van der Waals surface area contributed by atoms with Gasteiger partial charge < -0.3 is 15.4 Å². The number of aromatic nitrogens is 1. The second-order valence-corrected chi connectivity index (χ2v) is 9.02. The van der Waals surface area contributed by atoms with Gasteiger partial charge in [0.25, 0.3) is 5.91 Å². The molecular weight excluding hydrogens is 509 g/mol. The van der Waals surface area contributed by atoms with Crippen LogP contribution in [-0.2, 0) is 28.9 Å². The lowest BCUT2D eigenvalue weighted by atomic mass is 9.79. The molecular formula is C29H35Cl2N3O3. The molecule has 2 aromatic carbocycles. The minimum absolute atomic E-state index is 0. The Kier molecular flexibility index (Phi) is 12.1. The number of hydrogen-bond donors (Lipinski definition) is 1. The topological polar surface area (TPSA) is 85.5 Å². The number of rotatable bonds is 8. The van der Waals surface area contributed by atoms with Crippen molar-refractivity contribution in [2.45, 2.75) is 38.6 Å². The Bertz CT molecular complexity index is 1160. The number of halogens is 2. The molecule has 0 radical (unpaired) electrons. The minimum Gasteiger partial charge on any atom is -0.466 e. The third-order valence-electron chi connectivity index (χ3n) is 6.69. The molecule has 1 saturated heterocycles. The van der Waals surface area contributed by atoms with E-state index >= 15 is 0 Å². The van der Waals surface area contributed by atoms with E-state index in [1.54, 1.807) is 18.0 Å². The van der Waals surface area contributed by atoms with Crippen molar-refractivity contribution in [2.75, 3.05) is 19.7 Å². The number of amides is 1. The largest absolute Gasteiger partial charge is 0.466 e. The van der Waals surface area contributed by atoms with Crippen molar-refractivity contribution in [3.8, 4) is 0 Å². The Hall–Kier alpha value is -2.93. The van der Waals surface area contributed by atoms with Crippen LogP contribution in [0.2, 0.25) is 0 Å². The van der Waals surface area contributed by atoms with Gasteiger partial charge in [0, 0.05) is 37.9 Å². The number of hydrogen-bond acceptors (Lipinski definition) is 5. The Balaban J connectivity index is 0.00000241. The van der Waals surface area contributed by atoms with E-state index in [1.165, 1.54) is 5.56 Å². The molecule has 3 aromatic rings. The number of aryl methyl sites for hydroxylation is 2. The van der Waals surface area contributed by atoms with Crippen LogP contribution in [0.15, 0.2) is 73.1 Å². The first kappa shape index (κ1) is 30.3. The van der Waals surface area contributed by atoms with Crippen LogP contribution in [0.3, 0.4) is 0 Å². The molecule has 1 aliphatic rings. The first-order chi connectivity index (χ1) is 17.1. The molecule has 0 bridgehead atoms. The molecule has 0 aliphatic carbocycles. The normalized spacial score (nSPS) is 16.8. The highest BCUT2D eigenvalue weighted by Crippen LogP contribution is 2.35. The summed E-state index contributed by atoms with van der Waals surface area (Å²) in [7, 11) is 0. The van der Waals surface area contributed by atoms with Crippen molar-refractivity contribution in [1.29, 1.82) is 0 Å². The van der Waals surface area contributed by atoms with Crippen LogP contribution in [0.1, 0.15) is 51.9 Å². The fourth-order valence-electron chi connectivity index (χ4n) is 4.83. The lowest BCUT2D eigenvalue weighted by Gasteiger charge is -2.37. The summed E-state index contributed by atoms with van der Waals surface area (Å²) in [6.45, 7) is 3.46. The van der Waals surface area contributed by atoms with Gasteiger partial charge in [-0.15, -0.1) is 24.8 Å². The van der Waals surface area contributed by atoms with E-state index < -0.39 is 5.92 Å². The molecule has 1 aromatic heterocycles. The van der Waals surface area contributed by atoms with Crippen LogP contribution in [0.25, 0.3) is 0 Å². The molecule has 0 unspecified atom stereocenters. The molecule has 2 heterocycles. The van der Waals surface area contributed by atoms with E-state index in [0.717, 1.165) is 29.5 Å². The molecule has 2 atom stereocenters. The Labute approximate surface area is 231 Å². The molecule has 1 fully saturated rings. The quantitative estimate of drug-likeness (QED) is 0.405. The zero-order chi connectivity index (χ0) is 24.6. The summed E-state index contributed by atoms with van der Waals surface area (Å²) in [5, 5.41) is 0. The molecule has 0 spiro atoms. The maximum Gasteiger partial charge on any atom is 0.311 e. The number of nitrogens with zero attached hydrogens (tertiary/aromatic N) is 2. The van der Waals surface area contributed by atoms with Crippen LogP contribution in [0.4, 0.5) is 0 Å². The highest BCUT2D eigenvalue weighted by molar-refractivity contribution is 5.94. The summed E-state index contributed by atoms with van der Waals surface area (Å²) in [4.78, 5) is 32.4. The monoisotopic (exact) mass is 543 g/mol. The molecule has 6 nitrogen and oxygen atoms in total. The maximum absolute atomic E-state index is 13.4. The zero-order valence-corrected chi connectivity index (χ0v) is 22.7. The Morgan fingerprint density at radius 1 is 0.973 bits per heavy atom. The number of carbonyl (C=O) groups is 2. The third kappa shape index (κ3) is 7.78. The summed E-state index contributed by atoms with van der Waals surface area (Å²) in [5.74, 6) is -0.791. The number of piperidine rings is 1. The van der Waals surface area contributed by atoms with Crippen molar-refractivity contribution in [3.05, 3.63) is 101 Å². The van der Waals surface area contributed by atoms with Gasteiger partial charge in [0.15, 0.2) is 0 Å². The lowest BCUT2D eigenvalue weighted by molar-refractivity contribution is -0.150. The summed E-state index contributed by atoms with van der Waals surface area (Å²) in [5.41, 5.74) is 10.8. The van der Waals surface area contributed by atoms with Crippen molar-refractivity contribution in [3.63, 3.8) is 0 Å². The van der Waals surface area contributed by atoms with E-state index in [1.807, 2.05) is 48.7 Å². The first-order valence-corrected chi connectivity index (χ1v) is 12.3. The highest BCUT2D eigenvalue weighted by Gasteiger charge is 2.38. The summed E-state index contributed by atoms with van der Waals surface area (Å²) >= 11 is 0. The molecule has 198 valence electrons. The average molecular weight is 545 g/mol. The molecule has 8 heteroatoms. The molecule has 0 saturated carbocycles. The van der Waals surface area contributed by atoms with Crippen molar-refractivity contribution >= 4 is 36.7 Å². The molecule has 37 heavy (non-hydrogen) atoms.